The summed E-state index contributed by atoms with van der Waals surface area (Å²) in [4.78, 5) is 58.9. The number of imidazole rings is 2. The van der Waals surface area contributed by atoms with Crippen LogP contribution in [0.3, 0.4) is 0 Å². The minimum absolute atomic E-state index is 0. The average molecular weight is 815 g/mol. The van der Waals surface area contributed by atoms with Gasteiger partial charge in [-0.3, -0.25) is 9.59 Å². The van der Waals surface area contributed by atoms with E-state index in [4.69, 9.17) is 18.8 Å². The van der Waals surface area contributed by atoms with Gasteiger partial charge in [-0.25, -0.2) is 19.6 Å². The lowest BCUT2D eigenvalue weighted by Crippen LogP contribution is -2.41. The predicted molar refractivity (Wildman–Crippen MR) is 206 cm³/mol. The highest BCUT2D eigenvalue weighted by Crippen LogP contribution is 2.37. The Balaban J connectivity index is 0.000000282. The number of carbonyl (C=O) groups is 4. The molecule has 274 valence electrons. The van der Waals surface area contributed by atoms with Crippen molar-refractivity contribution in [1.82, 2.24) is 19.9 Å². The first-order valence-electron chi connectivity index (χ1n) is 15.7. The van der Waals surface area contributed by atoms with E-state index in [-0.39, 0.29) is 13.4 Å². The van der Waals surface area contributed by atoms with Crippen molar-refractivity contribution in [3.8, 4) is 11.3 Å². The molecule has 12 nitrogen and oxygen atoms in total. The number of aryl methyl sites for hydroxylation is 6. The van der Waals surface area contributed by atoms with Crippen LogP contribution in [0.5, 0.6) is 0 Å². The molecule has 0 bridgehead atoms. The van der Waals surface area contributed by atoms with E-state index >= 15 is 0 Å². The van der Waals surface area contributed by atoms with Crippen LogP contribution in [0.1, 0.15) is 111 Å². The number of nitrogens with zero attached hydrogens (tertiary/aromatic N) is 2. The fraction of sp³-hybridized carbons (Fsp3) is 0.405. The van der Waals surface area contributed by atoms with Crippen molar-refractivity contribution in [1.29, 1.82) is 0 Å². The highest BCUT2D eigenvalue weighted by Gasteiger charge is 2.52. The van der Waals surface area contributed by atoms with Crippen LogP contribution in [-0.4, -0.2) is 77.0 Å². The lowest BCUT2D eigenvalue weighted by atomic mass is 9.75. The van der Waals surface area contributed by atoms with E-state index in [9.17, 15) is 19.2 Å². The van der Waals surface area contributed by atoms with Gasteiger partial charge in [0.1, 0.15) is 26.7 Å². The molecule has 0 amide bonds. The Labute approximate surface area is 314 Å². The smallest absolute Gasteiger partial charge is 0.465 e. The number of ether oxygens (including phenoxy) is 2. The van der Waals surface area contributed by atoms with Gasteiger partial charge >= 0.3 is 19.1 Å². The average Bonchev–Trinajstić information content (AvgIpc) is 3.66. The molecule has 3 heterocycles. The van der Waals surface area contributed by atoms with Crippen LogP contribution in [0.15, 0.2) is 24.3 Å². The van der Waals surface area contributed by atoms with Crippen molar-refractivity contribution in [2.24, 2.45) is 0 Å². The van der Waals surface area contributed by atoms with Gasteiger partial charge in [0.25, 0.3) is 0 Å². The number of aldehydes is 2. The number of nitrogens with one attached hydrogen (secondary N) is 2. The van der Waals surface area contributed by atoms with Gasteiger partial charge in [0.05, 0.1) is 42.2 Å². The molecule has 14 heteroatoms. The van der Waals surface area contributed by atoms with Gasteiger partial charge in [-0.1, -0.05) is 25.1 Å². The summed E-state index contributed by atoms with van der Waals surface area (Å²) in [6.45, 7) is 19.3. The molecule has 2 aromatic carbocycles. The lowest BCUT2D eigenvalue weighted by molar-refractivity contribution is 0.00578. The number of aromatic amines is 2. The molecule has 1 fully saturated rings. The summed E-state index contributed by atoms with van der Waals surface area (Å²) in [7, 11) is 2.26. The van der Waals surface area contributed by atoms with Gasteiger partial charge in [-0.2, -0.15) is 0 Å². The summed E-state index contributed by atoms with van der Waals surface area (Å²) in [6, 6.07) is 7.39. The van der Waals surface area contributed by atoms with E-state index in [2.05, 4.69) is 19.9 Å². The summed E-state index contributed by atoms with van der Waals surface area (Å²) in [5, 5.41) is 0. The summed E-state index contributed by atoms with van der Waals surface area (Å²) >= 11 is 2.03. The molecule has 0 aliphatic carbocycles. The SMILES string of the molecule is C.COC(=O)c1cc(-c2nc(C)[nH]c2C=O)c(C)cc1C.COC(=O)c1cc(B2OC(C)(C)C(C)(C)O2)c(C)cc1C.Cc1nc(C=O)c(I)[nH]1. The summed E-state index contributed by atoms with van der Waals surface area (Å²) < 4.78 is 22.5. The molecule has 4 aromatic rings. The predicted octanol–water partition coefficient (Wildman–Crippen LogP) is 6.76. The molecule has 2 N–H and O–H groups in total. The van der Waals surface area contributed by atoms with Crippen molar-refractivity contribution in [2.75, 3.05) is 14.2 Å². The number of rotatable bonds is 6. The molecule has 5 rings (SSSR count). The third-order valence-corrected chi connectivity index (χ3v) is 9.46. The van der Waals surface area contributed by atoms with E-state index in [1.54, 1.807) is 13.0 Å². The van der Waals surface area contributed by atoms with E-state index in [0.717, 1.165) is 55.4 Å². The first-order chi connectivity index (χ1) is 23.3. The molecule has 0 spiro atoms. The molecule has 1 saturated heterocycles. The maximum atomic E-state index is 11.9. The number of halogens is 1. The second kappa shape index (κ2) is 17.4. The first-order valence-corrected chi connectivity index (χ1v) is 16.8. The third-order valence-electron chi connectivity index (χ3n) is 8.64. The zero-order chi connectivity index (χ0) is 37.7. The number of methoxy groups -OCH3 is 2. The van der Waals surface area contributed by atoms with Gasteiger partial charge < -0.3 is 28.8 Å². The van der Waals surface area contributed by atoms with Gasteiger partial charge in [-0.05, 0) is 126 Å². The molecular weight excluding hydrogens is 766 g/mol. The highest BCUT2D eigenvalue weighted by molar-refractivity contribution is 14.1. The normalized spacial score (nSPS) is 13.9. The summed E-state index contributed by atoms with van der Waals surface area (Å²) in [6.07, 6.45) is 1.47. The van der Waals surface area contributed by atoms with Gasteiger partial charge in [-0.15, -0.1) is 0 Å². The van der Waals surface area contributed by atoms with Crippen molar-refractivity contribution in [3.63, 3.8) is 0 Å². The monoisotopic (exact) mass is 814 g/mol. The Morgan fingerprint density at radius 2 is 1.24 bits per heavy atom. The highest BCUT2D eigenvalue weighted by atomic mass is 127. The minimum Gasteiger partial charge on any atom is -0.465 e. The van der Waals surface area contributed by atoms with Crippen LogP contribution in [0.4, 0.5) is 0 Å². The second-order valence-electron chi connectivity index (χ2n) is 12.9. The Kier molecular flexibility index (Phi) is 14.7. The fourth-order valence-electron chi connectivity index (χ4n) is 5.22. The number of aromatic nitrogens is 4. The van der Waals surface area contributed by atoms with Crippen molar-refractivity contribution >= 4 is 59.7 Å². The Bertz CT molecular complexity index is 1900. The number of carbonyl (C=O) groups excluding carboxylic acids is 4. The van der Waals surface area contributed by atoms with Crippen LogP contribution in [0, 0.1) is 45.2 Å². The molecule has 0 unspecified atom stereocenters. The van der Waals surface area contributed by atoms with E-state index < -0.39 is 24.3 Å². The molecule has 1 aliphatic rings. The topological polar surface area (TPSA) is 163 Å². The Morgan fingerprint density at radius 3 is 1.67 bits per heavy atom. The third kappa shape index (κ3) is 9.80. The van der Waals surface area contributed by atoms with Crippen LogP contribution in [-0.2, 0) is 18.8 Å². The van der Waals surface area contributed by atoms with Crippen molar-refractivity contribution in [3.05, 3.63) is 84.4 Å². The van der Waals surface area contributed by atoms with Crippen LogP contribution >= 0.6 is 22.6 Å². The molecule has 2 aromatic heterocycles. The maximum Gasteiger partial charge on any atom is 0.495 e. The quantitative estimate of drug-likeness (QED) is 0.0921. The number of hydrogen-bond donors (Lipinski definition) is 2. The standard InChI is InChI=1S/C16H23BO4.C15H16N2O3.C5H5IN2O.CH4/c1-10-8-11(2)13(9-12(10)14(18)19-7)17-20-15(3,4)16(5,6)21-17;1-8-5-9(2)12(15(19)20-4)6-11(8)14-13(7-18)16-10(3)17-14;1-3-7-4(2-9)5(6)8-3;/h8-9H,1-7H3;5-7H,1-4H3,(H,16,17);2H,1H3,(H,7,8);1H4. The fourth-order valence-corrected chi connectivity index (χ4v) is 5.86. The minimum atomic E-state index is -0.473. The number of esters is 2. The Hall–Kier alpha value is -4.15. The van der Waals surface area contributed by atoms with E-state index in [0.29, 0.717) is 34.0 Å². The lowest BCUT2D eigenvalue weighted by Gasteiger charge is -2.32. The number of H-pyrrole nitrogens is 2. The van der Waals surface area contributed by atoms with Crippen molar-refractivity contribution < 1.29 is 38.0 Å². The zero-order valence-electron chi connectivity index (χ0n) is 30.6. The van der Waals surface area contributed by atoms with E-state index in [1.807, 2.05) is 103 Å². The first kappa shape index (κ1) is 43.0. The van der Waals surface area contributed by atoms with Crippen molar-refractivity contribution in [2.45, 2.75) is 87.9 Å². The second-order valence-corrected chi connectivity index (χ2v) is 14.0. The molecule has 51 heavy (non-hydrogen) atoms. The van der Waals surface area contributed by atoms with Crippen LogP contribution < -0.4 is 5.46 Å². The Morgan fingerprint density at radius 1 is 0.745 bits per heavy atom. The van der Waals surface area contributed by atoms with Crippen LogP contribution in [0.25, 0.3) is 11.3 Å². The van der Waals surface area contributed by atoms with Gasteiger partial charge in [0.15, 0.2) is 12.6 Å². The van der Waals surface area contributed by atoms with E-state index in [1.165, 1.54) is 14.2 Å². The number of benzene rings is 2. The molecule has 1 aliphatic heterocycles. The molecule has 0 radical (unpaired) electrons. The maximum absolute atomic E-state index is 11.9. The van der Waals surface area contributed by atoms with Gasteiger partial charge in [0, 0.05) is 5.56 Å². The number of hydrogen-bond acceptors (Lipinski definition) is 10. The van der Waals surface area contributed by atoms with Crippen LogP contribution in [0.2, 0.25) is 0 Å². The van der Waals surface area contributed by atoms with Gasteiger partial charge in [0.2, 0.25) is 0 Å². The molecule has 0 saturated carbocycles. The zero-order valence-corrected chi connectivity index (χ0v) is 32.7. The summed E-state index contributed by atoms with van der Waals surface area (Å²) in [5.41, 5.74) is 7.01. The largest absolute Gasteiger partial charge is 0.495 e. The summed E-state index contributed by atoms with van der Waals surface area (Å²) in [5.74, 6) is 0.692. The molecule has 0 atom stereocenters. The molecular formula is C37H48BIN4O8.